The number of methoxy groups -OCH3 is 2. The molecule has 2 aliphatic heterocycles. The van der Waals surface area contributed by atoms with Gasteiger partial charge in [-0.05, 0) is 99.1 Å². The molecule has 2 saturated heterocycles. The van der Waals surface area contributed by atoms with Crippen molar-refractivity contribution in [2.75, 3.05) is 27.3 Å². The topological polar surface area (TPSA) is 200 Å². The minimum atomic E-state index is -0.595. The molecular weight excluding hydrogens is 717 g/mol. The fourth-order valence-electron chi connectivity index (χ4n) is 8.30. The molecule has 4 unspecified atom stereocenters. The molecular formula is C40H44N10O6. The summed E-state index contributed by atoms with van der Waals surface area (Å²) < 4.78 is 9.58. The second-order valence-electron chi connectivity index (χ2n) is 15.3. The molecule has 5 heterocycles. The molecule has 4 amide bonds. The number of alkyl carbamates (subject to hydrolysis) is 2. The molecule has 2 aromatic carbocycles. The van der Waals surface area contributed by atoms with Crippen LogP contribution in [-0.2, 0) is 19.1 Å². The maximum Gasteiger partial charge on any atom is 0.407 e. The number of hydrogen-bond acceptors (Lipinski definition) is 10. The second kappa shape index (κ2) is 14.5. The maximum atomic E-state index is 13.6. The minimum Gasteiger partial charge on any atom is -0.453 e. The van der Waals surface area contributed by atoms with Crippen molar-refractivity contribution in [1.29, 1.82) is 0 Å². The van der Waals surface area contributed by atoms with Crippen molar-refractivity contribution in [2.45, 2.75) is 75.5 Å². The van der Waals surface area contributed by atoms with Crippen molar-refractivity contribution in [3.8, 4) is 22.5 Å². The van der Waals surface area contributed by atoms with Crippen LogP contribution in [0.1, 0.15) is 75.1 Å². The summed E-state index contributed by atoms with van der Waals surface area (Å²) >= 11 is 0. The summed E-state index contributed by atoms with van der Waals surface area (Å²) in [6.45, 7) is 1.21. The zero-order chi connectivity index (χ0) is 38.5. The van der Waals surface area contributed by atoms with Gasteiger partial charge in [0, 0.05) is 36.6 Å². The number of nitrogens with zero attached hydrogens (tertiary/aromatic N) is 6. The van der Waals surface area contributed by atoms with Gasteiger partial charge in [0.05, 0.1) is 48.4 Å². The monoisotopic (exact) mass is 760 g/mol. The van der Waals surface area contributed by atoms with Crippen molar-refractivity contribution in [2.24, 2.45) is 11.8 Å². The van der Waals surface area contributed by atoms with E-state index >= 15 is 0 Å². The fraction of sp³-hybridized carbons (Fsp3) is 0.450. The van der Waals surface area contributed by atoms with Gasteiger partial charge in [0.15, 0.2) is 5.82 Å². The van der Waals surface area contributed by atoms with Crippen LogP contribution in [-0.4, -0.2) is 103 Å². The van der Waals surface area contributed by atoms with E-state index in [0.29, 0.717) is 18.9 Å². The van der Waals surface area contributed by atoms with Gasteiger partial charge in [-0.15, -0.1) is 0 Å². The molecule has 5 aromatic rings. The predicted molar refractivity (Wildman–Crippen MR) is 204 cm³/mol. The molecule has 2 aliphatic carbocycles. The number of fused-ring (bicyclic) bond motifs is 2. The van der Waals surface area contributed by atoms with Crippen LogP contribution in [0, 0.1) is 11.8 Å². The summed E-state index contributed by atoms with van der Waals surface area (Å²) in [5.74, 6) is 2.08. The van der Waals surface area contributed by atoms with Crippen LogP contribution in [0.25, 0.3) is 44.6 Å². The quantitative estimate of drug-likeness (QED) is 0.147. The van der Waals surface area contributed by atoms with E-state index in [0.717, 1.165) is 102 Å². The lowest BCUT2D eigenvalue weighted by Gasteiger charge is -2.28. The fourth-order valence-corrected chi connectivity index (χ4v) is 8.30. The highest BCUT2D eigenvalue weighted by molar-refractivity contribution is 5.88. The number of H-pyrrole nitrogens is 2. The molecule has 0 bridgehead atoms. The molecule has 290 valence electrons. The SMILES string of the molecule is COC(=O)NC(C(=O)N1CCCC1c1nc2ccc(-c3cnc(-c4ccc5nc(C6CCCN6C(=O)C(NC(=O)OC)C6CC6)[nH]c5c4)nc3)cc2[nH]1)C1CC1. The number of aromatic nitrogens is 6. The van der Waals surface area contributed by atoms with E-state index in [2.05, 4.69) is 20.6 Å². The zero-order valence-corrected chi connectivity index (χ0v) is 31.3. The Hall–Kier alpha value is -6.06. The van der Waals surface area contributed by atoms with Crippen LogP contribution in [0.2, 0.25) is 0 Å². The van der Waals surface area contributed by atoms with Crippen LogP contribution in [0.5, 0.6) is 0 Å². The molecule has 56 heavy (non-hydrogen) atoms. The van der Waals surface area contributed by atoms with E-state index in [4.69, 9.17) is 29.4 Å². The second-order valence-corrected chi connectivity index (χ2v) is 15.3. The number of imidazole rings is 2. The Morgan fingerprint density at radius 3 is 1.59 bits per heavy atom. The number of carbonyl (C=O) groups excluding carboxylic acids is 4. The summed E-state index contributed by atoms with van der Waals surface area (Å²) in [7, 11) is 2.61. The summed E-state index contributed by atoms with van der Waals surface area (Å²) in [6.07, 6.45) is 9.29. The first-order chi connectivity index (χ1) is 27.3. The van der Waals surface area contributed by atoms with Gasteiger partial charge in [-0.1, -0.05) is 6.07 Å². The van der Waals surface area contributed by atoms with E-state index in [1.165, 1.54) is 14.2 Å². The lowest BCUT2D eigenvalue weighted by atomic mass is 10.1. The molecule has 16 nitrogen and oxygen atoms in total. The summed E-state index contributed by atoms with van der Waals surface area (Å²) in [5, 5.41) is 5.51. The van der Waals surface area contributed by atoms with E-state index in [1.807, 2.05) is 46.2 Å². The third kappa shape index (κ3) is 6.88. The average Bonchev–Trinajstić information content (AvgIpc) is 4.00. The average molecular weight is 761 g/mol. The zero-order valence-electron chi connectivity index (χ0n) is 31.3. The van der Waals surface area contributed by atoms with Crippen LogP contribution in [0.4, 0.5) is 9.59 Å². The van der Waals surface area contributed by atoms with Crippen LogP contribution >= 0.6 is 0 Å². The van der Waals surface area contributed by atoms with Gasteiger partial charge in [0.25, 0.3) is 0 Å². The van der Waals surface area contributed by atoms with Crippen molar-refractivity contribution in [3.63, 3.8) is 0 Å². The van der Waals surface area contributed by atoms with Gasteiger partial charge in [-0.2, -0.15) is 0 Å². The highest BCUT2D eigenvalue weighted by Gasteiger charge is 2.44. The lowest BCUT2D eigenvalue weighted by molar-refractivity contribution is -0.135. The summed E-state index contributed by atoms with van der Waals surface area (Å²) in [4.78, 5) is 81.0. The Morgan fingerprint density at radius 2 is 1.12 bits per heavy atom. The van der Waals surface area contributed by atoms with E-state index < -0.39 is 24.3 Å². The van der Waals surface area contributed by atoms with Gasteiger partial charge >= 0.3 is 12.2 Å². The number of ether oxygens (including phenoxy) is 2. The highest BCUT2D eigenvalue weighted by Crippen LogP contribution is 2.39. The summed E-state index contributed by atoms with van der Waals surface area (Å²) in [5.41, 5.74) is 5.83. The van der Waals surface area contributed by atoms with Gasteiger partial charge in [0.1, 0.15) is 23.7 Å². The van der Waals surface area contributed by atoms with Crippen molar-refractivity contribution in [3.05, 3.63) is 60.4 Å². The molecule has 4 atom stereocenters. The van der Waals surface area contributed by atoms with Gasteiger partial charge in [0.2, 0.25) is 11.8 Å². The van der Waals surface area contributed by atoms with Crippen LogP contribution < -0.4 is 10.6 Å². The minimum absolute atomic E-state index is 0.0912. The normalized spacial score (nSPS) is 20.6. The van der Waals surface area contributed by atoms with E-state index in [1.54, 1.807) is 12.4 Å². The van der Waals surface area contributed by atoms with Gasteiger partial charge in [-0.25, -0.2) is 29.5 Å². The van der Waals surface area contributed by atoms with E-state index in [-0.39, 0.29) is 35.7 Å². The lowest BCUT2D eigenvalue weighted by Crippen LogP contribution is -2.49. The number of aromatic amines is 2. The third-order valence-electron chi connectivity index (χ3n) is 11.6. The molecule has 4 aliphatic rings. The number of likely N-dealkylation sites (tertiary alicyclic amines) is 2. The van der Waals surface area contributed by atoms with Crippen LogP contribution in [0.15, 0.2) is 48.8 Å². The number of benzene rings is 2. The Kier molecular flexibility index (Phi) is 9.25. The molecule has 2 saturated carbocycles. The summed E-state index contributed by atoms with van der Waals surface area (Å²) in [6, 6.07) is 10.2. The molecule has 4 N–H and O–H groups in total. The molecule has 0 radical (unpaired) electrons. The molecule has 16 heteroatoms. The smallest absolute Gasteiger partial charge is 0.407 e. The Balaban J connectivity index is 0.899. The molecule has 3 aromatic heterocycles. The number of carbonyl (C=O) groups is 4. The number of rotatable bonds is 10. The standard InChI is InChI=1S/C40H44N10O6/c1-55-39(53)47-32(21-7-8-21)37(51)49-15-3-5-30(49)35-43-26-13-11-23(17-28(26)45-35)25-19-41-34(42-20-25)24-12-14-27-29(18-24)46-36(44-27)31-6-4-16-50(31)38(52)33(22-9-10-22)48-40(54)56-2/h11-14,17-22,30-33H,3-10,15-16H2,1-2H3,(H,43,45)(H,44,46)(H,47,53)(H,48,54). The molecule has 0 spiro atoms. The van der Waals surface area contributed by atoms with Crippen molar-refractivity contribution in [1.82, 2.24) is 50.3 Å². The number of nitrogens with one attached hydrogen (secondary N) is 4. The van der Waals surface area contributed by atoms with Crippen molar-refractivity contribution < 1.29 is 28.7 Å². The van der Waals surface area contributed by atoms with Crippen molar-refractivity contribution >= 4 is 46.1 Å². The Morgan fingerprint density at radius 1 is 0.661 bits per heavy atom. The number of amides is 4. The van der Waals surface area contributed by atoms with Crippen LogP contribution in [0.3, 0.4) is 0 Å². The Labute approximate surface area is 322 Å². The van der Waals surface area contributed by atoms with E-state index in [9.17, 15) is 19.2 Å². The first-order valence-electron chi connectivity index (χ1n) is 19.4. The Bertz CT molecular complexity index is 2150. The third-order valence-corrected chi connectivity index (χ3v) is 11.6. The first kappa shape index (κ1) is 35.6. The molecule has 4 fully saturated rings. The first-order valence-corrected chi connectivity index (χ1v) is 19.4. The largest absolute Gasteiger partial charge is 0.453 e. The molecule has 9 rings (SSSR count). The number of hydrogen-bond donors (Lipinski definition) is 4. The van der Waals surface area contributed by atoms with Gasteiger partial charge < -0.3 is 39.9 Å². The maximum absolute atomic E-state index is 13.6. The predicted octanol–water partition coefficient (Wildman–Crippen LogP) is 5.16. The van der Waals surface area contributed by atoms with Gasteiger partial charge in [-0.3, -0.25) is 9.59 Å². The highest BCUT2D eigenvalue weighted by atomic mass is 16.5.